The van der Waals surface area contributed by atoms with Gasteiger partial charge in [-0.2, -0.15) is 0 Å². The van der Waals surface area contributed by atoms with Crippen LogP contribution < -0.4 is 0 Å². The lowest BCUT2D eigenvalue weighted by atomic mass is 10.0. The van der Waals surface area contributed by atoms with Gasteiger partial charge in [-0.3, -0.25) is 9.69 Å². The molecule has 3 heteroatoms. The molecule has 3 nitrogen and oxygen atoms in total. The van der Waals surface area contributed by atoms with Gasteiger partial charge < -0.3 is 4.74 Å². The zero-order chi connectivity index (χ0) is 11.4. The minimum Gasteiger partial charge on any atom is -0.373 e. The number of Topliss-reactive ketones (excluding diaryl/α,β-unsaturated/α-hetero) is 1. The predicted molar refractivity (Wildman–Crippen MR) is 60.9 cm³/mol. The molecule has 1 aliphatic heterocycles. The fourth-order valence-electron chi connectivity index (χ4n) is 2.02. The Morgan fingerprint density at radius 2 is 1.93 bits per heavy atom. The van der Waals surface area contributed by atoms with Crippen molar-refractivity contribution in [3.05, 3.63) is 0 Å². The van der Waals surface area contributed by atoms with Crippen LogP contribution in [0.2, 0.25) is 0 Å². The molecular formula is C12H23NO2. The third kappa shape index (κ3) is 3.92. The molecule has 0 aromatic rings. The van der Waals surface area contributed by atoms with Crippen LogP contribution in [0.1, 0.15) is 34.1 Å². The lowest BCUT2D eigenvalue weighted by Crippen LogP contribution is -2.47. The Kier molecular flexibility index (Phi) is 4.74. The zero-order valence-electron chi connectivity index (χ0n) is 10.3. The average Bonchev–Trinajstić information content (AvgIpc) is 2.14. The van der Waals surface area contributed by atoms with Gasteiger partial charge in [-0.05, 0) is 20.3 Å². The maximum atomic E-state index is 11.8. The van der Waals surface area contributed by atoms with Crippen LogP contribution in [0.4, 0.5) is 0 Å². The molecular weight excluding hydrogens is 190 g/mol. The second-order valence-electron chi connectivity index (χ2n) is 4.73. The summed E-state index contributed by atoms with van der Waals surface area (Å²) in [4.78, 5) is 14.0. The van der Waals surface area contributed by atoms with Gasteiger partial charge in [0.1, 0.15) is 5.78 Å². The van der Waals surface area contributed by atoms with Crippen LogP contribution >= 0.6 is 0 Å². The van der Waals surface area contributed by atoms with Crippen molar-refractivity contribution in [3.8, 4) is 0 Å². The van der Waals surface area contributed by atoms with Crippen LogP contribution in [0.3, 0.4) is 0 Å². The van der Waals surface area contributed by atoms with Crippen molar-refractivity contribution in [1.82, 2.24) is 4.90 Å². The Bertz CT molecular complexity index is 208. The topological polar surface area (TPSA) is 29.5 Å². The van der Waals surface area contributed by atoms with Gasteiger partial charge in [0, 0.05) is 19.0 Å². The van der Waals surface area contributed by atoms with E-state index in [1.165, 1.54) is 0 Å². The number of hydrogen-bond donors (Lipinski definition) is 0. The molecule has 0 aliphatic carbocycles. The SMILES string of the molecule is CCC(C)C(=O)CN1C[C@@H](C)O[C@@H](C)C1. The highest BCUT2D eigenvalue weighted by atomic mass is 16.5. The number of rotatable bonds is 4. The van der Waals surface area contributed by atoms with Crippen LogP contribution in [-0.4, -0.2) is 42.5 Å². The Balaban J connectivity index is 2.40. The Morgan fingerprint density at radius 1 is 1.40 bits per heavy atom. The molecule has 0 aromatic carbocycles. The van der Waals surface area contributed by atoms with Crippen LogP contribution in [0.15, 0.2) is 0 Å². The first-order chi connectivity index (χ1) is 7.02. The number of carbonyl (C=O) groups excluding carboxylic acids is 1. The van der Waals surface area contributed by atoms with E-state index in [1.54, 1.807) is 0 Å². The molecule has 1 fully saturated rings. The summed E-state index contributed by atoms with van der Waals surface area (Å²) in [5, 5.41) is 0. The molecule has 0 amide bonds. The molecule has 1 saturated heterocycles. The molecule has 1 heterocycles. The highest BCUT2D eigenvalue weighted by Crippen LogP contribution is 2.12. The molecule has 1 aliphatic rings. The van der Waals surface area contributed by atoms with E-state index in [2.05, 4.69) is 25.7 Å². The van der Waals surface area contributed by atoms with Crippen molar-refractivity contribution in [3.63, 3.8) is 0 Å². The predicted octanol–water partition coefficient (Wildman–Crippen LogP) is 1.71. The largest absolute Gasteiger partial charge is 0.373 e. The summed E-state index contributed by atoms with van der Waals surface area (Å²) in [7, 11) is 0. The van der Waals surface area contributed by atoms with E-state index >= 15 is 0 Å². The molecule has 1 rings (SSSR count). The van der Waals surface area contributed by atoms with E-state index in [-0.39, 0.29) is 18.1 Å². The van der Waals surface area contributed by atoms with E-state index < -0.39 is 0 Å². The minimum absolute atomic E-state index is 0.193. The van der Waals surface area contributed by atoms with Crippen LogP contribution in [0.5, 0.6) is 0 Å². The molecule has 1 unspecified atom stereocenters. The van der Waals surface area contributed by atoms with E-state index in [1.807, 2.05) is 6.92 Å². The van der Waals surface area contributed by atoms with Gasteiger partial charge >= 0.3 is 0 Å². The van der Waals surface area contributed by atoms with E-state index in [9.17, 15) is 4.79 Å². The Morgan fingerprint density at radius 3 is 2.40 bits per heavy atom. The highest BCUT2D eigenvalue weighted by Gasteiger charge is 2.24. The first-order valence-corrected chi connectivity index (χ1v) is 5.93. The Hall–Kier alpha value is -0.410. The fraction of sp³-hybridized carbons (Fsp3) is 0.917. The maximum Gasteiger partial charge on any atom is 0.149 e. The van der Waals surface area contributed by atoms with E-state index in [0.717, 1.165) is 19.5 Å². The summed E-state index contributed by atoms with van der Waals surface area (Å²) >= 11 is 0. The number of ketones is 1. The molecule has 0 spiro atoms. The molecule has 0 N–H and O–H groups in total. The molecule has 0 bridgehead atoms. The molecule has 15 heavy (non-hydrogen) atoms. The van der Waals surface area contributed by atoms with E-state index in [0.29, 0.717) is 12.3 Å². The Labute approximate surface area is 92.8 Å². The van der Waals surface area contributed by atoms with Gasteiger partial charge in [0.25, 0.3) is 0 Å². The second kappa shape index (κ2) is 5.61. The van der Waals surface area contributed by atoms with Crippen LogP contribution in [0, 0.1) is 5.92 Å². The summed E-state index contributed by atoms with van der Waals surface area (Å²) in [6, 6.07) is 0. The van der Waals surface area contributed by atoms with Gasteiger partial charge in [-0.25, -0.2) is 0 Å². The highest BCUT2D eigenvalue weighted by molar-refractivity contribution is 5.82. The normalized spacial score (nSPS) is 30.1. The quantitative estimate of drug-likeness (QED) is 0.712. The number of hydrogen-bond acceptors (Lipinski definition) is 3. The summed E-state index contributed by atoms with van der Waals surface area (Å²) < 4.78 is 5.63. The first-order valence-electron chi connectivity index (χ1n) is 5.93. The standard InChI is InChI=1S/C12H23NO2/c1-5-9(2)12(14)8-13-6-10(3)15-11(4)7-13/h9-11H,5-8H2,1-4H3/t9?,10-,11+. The molecule has 88 valence electrons. The summed E-state index contributed by atoms with van der Waals surface area (Å²) in [5.74, 6) is 0.553. The maximum absolute atomic E-state index is 11.8. The third-order valence-corrected chi connectivity index (χ3v) is 3.04. The third-order valence-electron chi connectivity index (χ3n) is 3.04. The van der Waals surface area contributed by atoms with Crippen molar-refractivity contribution >= 4 is 5.78 Å². The summed E-state index contributed by atoms with van der Waals surface area (Å²) in [5.41, 5.74) is 0. The van der Waals surface area contributed by atoms with Crippen molar-refractivity contribution in [2.45, 2.75) is 46.3 Å². The van der Waals surface area contributed by atoms with Crippen molar-refractivity contribution in [2.75, 3.05) is 19.6 Å². The van der Waals surface area contributed by atoms with Crippen molar-refractivity contribution < 1.29 is 9.53 Å². The lowest BCUT2D eigenvalue weighted by molar-refractivity contribution is -0.127. The smallest absolute Gasteiger partial charge is 0.149 e. The molecule has 0 saturated carbocycles. The summed E-state index contributed by atoms with van der Waals surface area (Å²) in [6.45, 7) is 10.6. The van der Waals surface area contributed by atoms with Gasteiger partial charge in [-0.15, -0.1) is 0 Å². The van der Waals surface area contributed by atoms with Crippen molar-refractivity contribution in [1.29, 1.82) is 0 Å². The fourth-order valence-corrected chi connectivity index (χ4v) is 2.02. The zero-order valence-corrected chi connectivity index (χ0v) is 10.3. The number of morpholine rings is 1. The molecule has 3 atom stereocenters. The molecule has 0 radical (unpaired) electrons. The number of ether oxygens (including phenoxy) is 1. The lowest BCUT2D eigenvalue weighted by Gasteiger charge is -2.35. The van der Waals surface area contributed by atoms with Crippen LogP contribution in [-0.2, 0) is 9.53 Å². The van der Waals surface area contributed by atoms with Gasteiger partial charge in [0.2, 0.25) is 0 Å². The van der Waals surface area contributed by atoms with Crippen molar-refractivity contribution in [2.24, 2.45) is 5.92 Å². The monoisotopic (exact) mass is 213 g/mol. The minimum atomic E-state index is 0.193. The van der Waals surface area contributed by atoms with Gasteiger partial charge in [0.15, 0.2) is 0 Å². The van der Waals surface area contributed by atoms with Gasteiger partial charge in [-0.1, -0.05) is 13.8 Å². The molecule has 0 aromatic heterocycles. The first kappa shape index (κ1) is 12.7. The second-order valence-corrected chi connectivity index (χ2v) is 4.73. The average molecular weight is 213 g/mol. The van der Waals surface area contributed by atoms with Gasteiger partial charge in [0.05, 0.1) is 18.8 Å². The number of nitrogens with zero attached hydrogens (tertiary/aromatic N) is 1. The summed E-state index contributed by atoms with van der Waals surface area (Å²) in [6.07, 6.45) is 1.44. The van der Waals surface area contributed by atoms with E-state index in [4.69, 9.17) is 4.74 Å². The van der Waals surface area contributed by atoms with Crippen LogP contribution in [0.25, 0.3) is 0 Å². The number of carbonyl (C=O) groups is 1.